The second-order valence-electron chi connectivity index (χ2n) is 6.75. The summed E-state index contributed by atoms with van der Waals surface area (Å²) in [5.41, 5.74) is 4.08. The Bertz CT molecular complexity index is 1380. The molecule has 7 nitrogen and oxygen atoms in total. The van der Waals surface area contributed by atoms with Crippen LogP contribution in [0.4, 0.5) is 0 Å². The van der Waals surface area contributed by atoms with Crippen LogP contribution < -0.4 is 9.47 Å². The fourth-order valence-electron chi connectivity index (χ4n) is 3.50. The second kappa shape index (κ2) is 7.31. The van der Waals surface area contributed by atoms with E-state index in [0.717, 1.165) is 38.7 Å². The number of aromatic nitrogens is 4. The highest BCUT2D eigenvalue weighted by atomic mass is 32.1. The van der Waals surface area contributed by atoms with Crippen LogP contribution in [0, 0.1) is 0 Å². The zero-order chi connectivity index (χ0) is 20.7. The fraction of sp³-hybridized carbons (Fsp3) is 0.136. The minimum Gasteiger partial charge on any atom is -0.497 e. The van der Waals surface area contributed by atoms with Crippen LogP contribution in [-0.2, 0) is 6.42 Å². The van der Waals surface area contributed by atoms with E-state index in [1.54, 1.807) is 25.1 Å². The Morgan fingerprint density at radius 3 is 2.83 bits per heavy atom. The quantitative estimate of drug-likeness (QED) is 0.425. The average Bonchev–Trinajstić information content (AvgIpc) is 3.48. The van der Waals surface area contributed by atoms with Gasteiger partial charge in [-0.2, -0.15) is 0 Å². The highest BCUT2D eigenvalue weighted by Crippen LogP contribution is 2.34. The van der Waals surface area contributed by atoms with Crippen molar-refractivity contribution < 1.29 is 14.3 Å². The van der Waals surface area contributed by atoms with Gasteiger partial charge < -0.3 is 9.47 Å². The third kappa shape index (κ3) is 3.02. The molecule has 0 aliphatic carbocycles. The topological polar surface area (TPSA) is 70.7 Å². The summed E-state index contributed by atoms with van der Waals surface area (Å²) < 4.78 is 14.4. The number of hydrogen-bond donors (Lipinski definition) is 0. The van der Waals surface area contributed by atoms with Gasteiger partial charge in [-0.3, -0.25) is 13.8 Å². The van der Waals surface area contributed by atoms with Crippen molar-refractivity contribution in [1.29, 1.82) is 0 Å². The van der Waals surface area contributed by atoms with Gasteiger partial charge in [0, 0.05) is 22.8 Å². The van der Waals surface area contributed by atoms with Gasteiger partial charge in [0.1, 0.15) is 17.8 Å². The van der Waals surface area contributed by atoms with Crippen molar-refractivity contribution in [3.05, 3.63) is 66.1 Å². The van der Waals surface area contributed by atoms with E-state index in [-0.39, 0.29) is 12.3 Å². The minimum absolute atomic E-state index is 0.0439. The van der Waals surface area contributed by atoms with Crippen LogP contribution >= 0.6 is 11.3 Å². The smallest absolute Gasteiger partial charge is 0.238 e. The summed E-state index contributed by atoms with van der Waals surface area (Å²) in [6.07, 6.45) is 3.75. The predicted octanol–water partition coefficient (Wildman–Crippen LogP) is 4.31. The van der Waals surface area contributed by atoms with Crippen molar-refractivity contribution in [2.75, 3.05) is 14.2 Å². The Labute approximate surface area is 176 Å². The molecule has 0 amide bonds. The molecule has 3 heterocycles. The Morgan fingerprint density at radius 2 is 2.00 bits per heavy atom. The highest BCUT2D eigenvalue weighted by Gasteiger charge is 2.17. The van der Waals surface area contributed by atoms with Crippen LogP contribution in [0.5, 0.6) is 11.5 Å². The van der Waals surface area contributed by atoms with Crippen molar-refractivity contribution in [3.8, 4) is 22.8 Å². The Hall–Kier alpha value is -3.65. The van der Waals surface area contributed by atoms with Gasteiger partial charge in [0.15, 0.2) is 4.96 Å². The third-order valence-corrected chi connectivity index (χ3v) is 5.91. The monoisotopic (exact) mass is 418 g/mol. The first-order chi connectivity index (χ1) is 14.7. The van der Waals surface area contributed by atoms with Crippen LogP contribution in [0.2, 0.25) is 0 Å². The molecule has 0 N–H and O–H groups in total. The lowest BCUT2D eigenvalue weighted by molar-refractivity contribution is 0.0917. The molecule has 0 aliphatic rings. The summed E-state index contributed by atoms with van der Waals surface area (Å²) >= 11 is 1.50. The first-order valence-electron chi connectivity index (χ1n) is 9.31. The summed E-state index contributed by atoms with van der Waals surface area (Å²) in [5.74, 6) is 1.39. The van der Waals surface area contributed by atoms with E-state index in [9.17, 15) is 4.79 Å². The highest BCUT2D eigenvalue weighted by molar-refractivity contribution is 7.15. The Kier molecular flexibility index (Phi) is 4.48. The van der Waals surface area contributed by atoms with Crippen molar-refractivity contribution in [1.82, 2.24) is 18.9 Å². The molecule has 30 heavy (non-hydrogen) atoms. The maximum atomic E-state index is 12.9. The number of para-hydroxylation sites is 2. The van der Waals surface area contributed by atoms with Gasteiger partial charge in [-0.1, -0.05) is 12.1 Å². The van der Waals surface area contributed by atoms with Gasteiger partial charge in [0.2, 0.25) is 5.91 Å². The fourth-order valence-corrected chi connectivity index (χ4v) is 4.37. The first-order valence-corrected chi connectivity index (χ1v) is 10.2. The van der Waals surface area contributed by atoms with E-state index >= 15 is 0 Å². The van der Waals surface area contributed by atoms with E-state index in [1.165, 1.54) is 11.3 Å². The van der Waals surface area contributed by atoms with Crippen LogP contribution in [0.1, 0.15) is 10.5 Å². The molecule has 3 aromatic heterocycles. The summed E-state index contributed by atoms with van der Waals surface area (Å²) in [6, 6.07) is 13.2. The zero-order valence-corrected chi connectivity index (χ0v) is 17.2. The number of imidazole rings is 2. The molecule has 5 rings (SSSR count). The molecular weight excluding hydrogens is 400 g/mol. The molecule has 0 aliphatic heterocycles. The maximum absolute atomic E-state index is 12.9. The Balaban J connectivity index is 1.50. The number of rotatable bonds is 5. The summed E-state index contributed by atoms with van der Waals surface area (Å²) in [7, 11) is 3.25. The van der Waals surface area contributed by atoms with Gasteiger partial charge in [0.05, 0.1) is 37.4 Å². The molecular formula is C22H18N4O3S. The SMILES string of the molecule is COc1ccc(OC)c(-c2cn3c(CC(=O)n4cnc5ccccc54)csc3n2)c1. The van der Waals surface area contributed by atoms with E-state index in [1.807, 2.05) is 58.4 Å². The molecule has 0 atom stereocenters. The number of nitrogens with zero attached hydrogens (tertiary/aromatic N) is 4. The lowest BCUT2D eigenvalue weighted by Crippen LogP contribution is -2.13. The van der Waals surface area contributed by atoms with Crippen molar-refractivity contribution >= 4 is 33.2 Å². The zero-order valence-electron chi connectivity index (χ0n) is 16.4. The molecule has 0 radical (unpaired) electrons. The molecule has 0 bridgehead atoms. The molecule has 150 valence electrons. The van der Waals surface area contributed by atoms with Crippen molar-refractivity contribution in [2.45, 2.75) is 6.42 Å². The molecule has 5 aromatic rings. The number of benzene rings is 2. The predicted molar refractivity (Wildman–Crippen MR) is 116 cm³/mol. The summed E-state index contributed by atoms with van der Waals surface area (Å²) in [5, 5.41) is 1.96. The molecule has 0 saturated heterocycles. The van der Waals surface area contributed by atoms with Crippen LogP contribution in [0.25, 0.3) is 27.3 Å². The standard InChI is InChI=1S/C22H18N4O3S/c1-28-15-7-8-20(29-2)16(10-15)18-11-25-14(12-30-22(25)24-18)9-21(27)26-13-23-17-5-3-4-6-19(17)26/h3-8,10-13H,9H2,1-2H3. The molecule has 8 heteroatoms. The van der Waals surface area contributed by atoms with Gasteiger partial charge in [-0.15, -0.1) is 11.3 Å². The van der Waals surface area contributed by atoms with E-state index < -0.39 is 0 Å². The second-order valence-corrected chi connectivity index (χ2v) is 7.58. The summed E-state index contributed by atoms with van der Waals surface area (Å²) in [6.45, 7) is 0. The molecule has 0 saturated carbocycles. The maximum Gasteiger partial charge on any atom is 0.238 e. The summed E-state index contributed by atoms with van der Waals surface area (Å²) in [4.78, 5) is 22.8. The van der Waals surface area contributed by atoms with Crippen molar-refractivity contribution in [2.24, 2.45) is 0 Å². The van der Waals surface area contributed by atoms with E-state index in [2.05, 4.69) is 4.98 Å². The van der Waals surface area contributed by atoms with Gasteiger partial charge in [-0.25, -0.2) is 9.97 Å². The van der Waals surface area contributed by atoms with Crippen molar-refractivity contribution in [3.63, 3.8) is 0 Å². The van der Waals surface area contributed by atoms with E-state index in [4.69, 9.17) is 14.5 Å². The number of carbonyl (C=O) groups excluding carboxylic acids is 1. The van der Waals surface area contributed by atoms with Crippen LogP contribution in [-0.4, -0.2) is 39.1 Å². The van der Waals surface area contributed by atoms with Gasteiger partial charge in [-0.05, 0) is 30.3 Å². The lowest BCUT2D eigenvalue weighted by atomic mass is 10.1. The van der Waals surface area contributed by atoms with Gasteiger partial charge >= 0.3 is 0 Å². The largest absolute Gasteiger partial charge is 0.497 e. The molecule has 0 unspecified atom stereocenters. The number of thiazole rings is 1. The minimum atomic E-state index is -0.0439. The lowest BCUT2D eigenvalue weighted by Gasteiger charge is -2.08. The normalized spacial score (nSPS) is 11.3. The van der Waals surface area contributed by atoms with Crippen LogP contribution in [0.15, 0.2) is 60.4 Å². The first kappa shape index (κ1) is 18.4. The molecule has 2 aromatic carbocycles. The number of hydrogen-bond acceptors (Lipinski definition) is 6. The van der Waals surface area contributed by atoms with Crippen LogP contribution in [0.3, 0.4) is 0 Å². The average molecular weight is 418 g/mol. The molecule has 0 fully saturated rings. The number of carbonyl (C=O) groups is 1. The molecule has 0 spiro atoms. The van der Waals surface area contributed by atoms with E-state index in [0.29, 0.717) is 5.75 Å². The Morgan fingerprint density at radius 1 is 1.13 bits per heavy atom. The third-order valence-electron chi connectivity index (χ3n) is 5.02. The number of fused-ring (bicyclic) bond motifs is 2. The number of methoxy groups -OCH3 is 2. The number of ether oxygens (including phenoxy) is 2. The van der Waals surface area contributed by atoms with Gasteiger partial charge in [0.25, 0.3) is 0 Å².